The van der Waals surface area contributed by atoms with Gasteiger partial charge in [-0.15, -0.1) is 10.2 Å². The molecule has 8 nitrogen and oxygen atoms in total. The van der Waals surface area contributed by atoms with Gasteiger partial charge in [-0.3, -0.25) is 14.5 Å². The van der Waals surface area contributed by atoms with Gasteiger partial charge >= 0.3 is 0 Å². The molecule has 6 aromatic rings. The largest absolute Gasteiger partial charge is 0.272 e. The number of hydrogen-bond donors (Lipinski definition) is 1. The van der Waals surface area contributed by atoms with E-state index in [2.05, 4.69) is 48.6 Å². The van der Waals surface area contributed by atoms with Crippen LogP contribution in [0.25, 0.3) is 50.2 Å². The molecule has 2 aromatic carbocycles. The van der Waals surface area contributed by atoms with Crippen LogP contribution in [-0.4, -0.2) is 34.8 Å². The second-order valence-electron chi connectivity index (χ2n) is 8.52. The Hall–Kier alpha value is -4.64. The zero-order chi connectivity index (χ0) is 22.6. The van der Waals surface area contributed by atoms with E-state index in [0.717, 1.165) is 50.1 Å². The summed E-state index contributed by atoms with van der Waals surface area (Å²) in [6.45, 7) is 3.82. The molecule has 0 aliphatic rings. The Labute approximate surface area is 188 Å². The van der Waals surface area contributed by atoms with E-state index in [1.165, 1.54) is 0 Å². The lowest BCUT2D eigenvalue weighted by molar-refractivity contribution is 0.687. The highest BCUT2D eigenvalue weighted by atomic mass is 15.3. The third-order valence-corrected chi connectivity index (χ3v) is 5.99. The van der Waals surface area contributed by atoms with E-state index in [0.29, 0.717) is 5.65 Å². The SMILES string of the molecule is CC(C)(C#N)c1ccc(-c2nnc3cnc4ccc(-c5cnc6[nH]ncc6c5)cc4n23)cc1. The zero-order valence-corrected chi connectivity index (χ0v) is 18.0. The molecule has 1 N–H and O–H groups in total. The molecular formula is C25H18N8. The number of nitrogens with one attached hydrogen (secondary N) is 1. The summed E-state index contributed by atoms with van der Waals surface area (Å²) in [6, 6.07) is 18.4. The van der Waals surface area contributed by atoms with Gasteiger partial charge in [-0.1, -0.05) is 30.3 Å². The first kappa shape index (κ1) is 19.1. The van der Waals surface area contributed by atoms with Crippen molar-refractivity contribution in [3.8, 4) is 28.6 Å². The van der Waals surface area contributed by atoms with Gasteiger partial charge in [-0.05, 0) is 43.2 Å². The molecule has 0 fully saturated rings. The quantitative estimate of drug-likeness (QED) is 0.436. The number of fused-ring (bicyclic) bond motifs is 4. The Balaban J connectivity index is 1.53. The lowest BCUT2D eigenvalue weighted by Gasteiger charge is -2.15. The third-order valence-electron chi connectivity index (χ3n) is 5.99. The van der Waals surface area contributed by atoms with Crippen molar-refractivity contribution in [3.05, 3.63) is 72.7 Å². The Morgan fingerprint density at radius 3 is 2.52 bits per heavy atom. The fraction of sp³-hybridized carbons (Fsp3) is 0.120. The number of aromatic amines is 1. The molecule has 158 valence electrons. The van der Waals surface area contributed by atoms with Crippen LogP contribution in [-0.2, 0) is 5.41 Å². The number of benzene rings is 2. The van der Waals surface area contributed by atoms with Crippen LogP contribution in [0.2, 0.25) is 0 Å². The predicted octanol–water partition coefficient (Wildman–Crippen LogP) is 4.68. The number of hydrogen-bond acceptors (Lipinski definition) is 6. The third kappa shape index (κ3) is 3.02. The molecule has 6 rings (SSSR count). The van der Waals surface area contributed by atoms with Crippen molar-refractivity contribution in [2.75, 3.05) is 0 Å². The Bertz CT molecular complexity index is 1700. The van der Waals surface area contributed by atoms with E-state index in [1.807, 2.05) is 60.8 Å². The van der Waals surface area contributed by atoms with Crippen molar-refractivity contribution >= 4 is 27.7 Å². The molecule has 33 heavy (non-hydrogen) atoms. The molecule has 0 saturated heterocycles. The Morgan fingerprint density at radius 1 is 0.879 bits per heavy atom. The van der Waals surface area contributed by atoms with Crippen LogP contribution in [0.1, 0.15) is 19.4 Å². The Morgan fingerprint density at radius 2 is 1.70 bits per heavy atom. The standard InChI is InChI=1S/C25H18N8/c1-25(2,14-26)19-6-3-15(4-7-19)24-32-30-22-13-27-20-8-5-16(10-21(20)33(22)24)17-9-18-12-29-31-23(18)28-11-17/h3-13H,1-2H3,(H,28,29,31). The maximum atomic E-state index is 9.43. The molecular weight excluding hydrogens is 412 g/mol. The lowest BCUT2D eigenvalue weighted by atomic mass is 9.86. The van der Waals surface area contributed by atoms with E-state index in [-0.39, 0.29) is 0 Å². The monoisotopic (exact) mass is 430 g/mol. The molecule has 0 atom stereocenters. The van der Waals surface area contributed by atoms with Gasteiger partial charge in [-0.2, -0.15) is 10.4 Å². The lowest BCUT2D eigenvalue weighted by Crippen LogP contribution is -2.13. The van der Waals surface area contributed by atoms with Gasteiger partial charge in [0, 0.05) is 22.7 Å². The molecule has 0 radical (unpaired) electrons. The number of pyridine rings is 1. The minimum absolute atomic E-state index is 0.554. The summed E-state index contributed by atoms with van der Waals surface area (Å²) in [6.07, 6.45) is 5.32. The van der Waals surface area contributed by atoms with Crippen molar-refractivity contribution in [1.82, 2.24) is 34.8 Å². The number of nitrogens with zero attached hydrogens (tertiary/aromatic N) is 7. The van der Waals surface area contributed by atoms with Crippen LogP contribution in [0.4, 0.5) is 0 Å². The van der Waals surface area contributed by atoms with Crippen molar-refractivity contribution < 1.29 is 0 Å². The number of H-pyrrole nitrogens is 1. The maximum Gasteiger partial charge on any atom is 0.180 e. The fourth-order valence-electron chi connectivity index (χ4n) is 4.02. The van der Waals surface area contributed by atoms with Gasteiger partial charge in [0.15, 0.2) is 17.1 Å². The van der Waals surface area contributed by atoms with Crippen LogP contribution >= 0.6 is 0 Å². The predicted molar refractivity (Wildman–Crippen MR) is 125 cm³/mol. The average Bonchev–Trinajstić information content (AvgIpc) is 3.50. The van der Waals surface area contributed by atoms with E-state index < -0.39 is 5.41 Å². The second kappa shape index (κ2) is 6.93. The summed E-state index contributed by atoms with van der Waals surface area (Å²) in [4.78, 5) is 9.02. The summed E-state index contributed by atoms with van der Waals surface area (Å²) in [5, 5.41) is 26.1. The second-order valence-corrected chi connectivity index (χ2v) is 8.52. The summed E-state index contributed by atoms with van der Waals surface area (Å²) in [5.41, 5.74) is 6.48. The molecule has 0 aliphatic carbocycles. The molecule has 8 heteroatoms. The van der Waals surface area contributed by atoms with Crippen LogP contribution in [0.5, 0.6) is 0 Å². The first-order valence-electron chi connectivity index (χ1n) is 10.5. The summed E-state index contributed by atoms with van der Waals surface area (Å²) in [7, 11) is 0. The Kier molecular flexibility index (Phi) is 4.01. The minimum Gasteiger partial charge on any atom is -0.272 e. The number of rotatable bonds is 3. The van der Waals surface area contributed by atoms with Crippen LogP contribution < -0.4 is 0 Å². The first-order valence-corrected chi connectivity index (χ1v) is 10.5. The van der Waals surface area contributed by atoms with E-state index in [1.54, 1.807) is 12.4 Å². The van der Waals surface area contributed by atoms with Crippen molar-refractivity contribution in [2.24, 2.45) is 0 Å². The van der Waals surface area contributed by atoms with Crippen LogP contribution in [0, 0.1) is 11.3 Å². The van der Waals surface area contributed by atoms with Crippen LogP contribution in [0.3, 0.4) is 0 Å². The normalized spacial score (nSPS) is 11.9. The van der Waals surface area contributed by atoms with Gasteiger partial charge in [-0.25, -0.2) is 4.98 Å². The van der Waals surface area contributed by atoms with E-state index in [4.69, 9.17) is 0 Å². The smallest absolute Gasteiger partial charge is 0.180 e. The van der Waals surface area contributed by atoms with Gasteiger partial charge < -0.3 is 0 Å². The first-order chi connectivity index (χ1) is 16.0. The highest BCUT2D eigenvalue weighted by Gasteiger charge is 2.20. The summed E-state index contributed by atoms with van der Waals surface area (Å²) < 4.78 is 2.01. The van der Waals surface area contributed by atoms with Gasteiger partial charge in [0.1, 0.15) is 0 Å². The summed E-state index contributed by atoms with van der Waals surface area (Å²) >= 11 is 0. The van der Waals surface area contributed by atoms with Crippen molar-refractivity contribution in [3.63, 3.8) is 0 Å². The molecule has 4 aromatic heterocycles. The van der Waals surface area contributed by atoms with Crippen molar-refractivity contribution in [1.29, 1.82) is 5.26 Å². The van der Waals surface area contributed by atoms with Gasteiger partial charge in [0.25, 0.3) is 0 Å². The molecule has 0 aliphatic heterocycles. The number of nitriles is 1. The molecule has 0 saturated carbocycles. The van der Waals surface area contributed by atoms with Gasteiger partial charge in [0.05, 0.1) is 34.9 Å². The topological polar surface area (TPSA) is 108 Å². The molecule has 0 amide bonds. The highest BCUT2D eigenvalue weighted by Crippen LogP contribution is 2.29. The van der Waals surface area contributed by atoms with Gasteiger partial charge in [0.2, 0.25) is 0 Å². The molecule has 0 bridgehead atoms. The highest BCUT2D eigenvalue weighted by molar-refractivity contribution is 5.87. The average molecular weight is 430 g/mol. The zero-order valence-electron chi connectivity index (χ0n) is 18.0. The number of aromatic nitrogens is 7. The molecule has 0 unspecified atom stereocenters. The molecule has 4 heterocycles. The van der Waals surface area contributed by atoms with Crippen molar-refractivity contribution in [2.45, 2.75) is 19.3 Å². The minimum atomic E-state index is -0.554. The fourth-order valence-corrected chi connectivity index (χ4v) is 4.02. The maximum absolute atomic E-state index is 9.43. The van der Waals surface area contributed by atoms with E-state index in [9.17, 15) is 5.26 Å². The van der Waals surface area contributed by atoms with Crippen LogP contribution in [0.15, 0.2) is 67.1 Å². The molecule has 0 spiro atoms. The summed E-state index contributed by atoms with van der Waals surface area (Å²) in [5.74, 6) is 0.722. The van der Waals surface area contributed by atoms with E-state index >= 15 is 0 Å².